The fourth-order valence-corrected chi connectivity index (χ4v) is 2.69. The Labute approximate surface area is 71.8 Å². The van der Waals surface area contributed by atoms with Crippen LogP contribution in [0.3, 0.4) is 0 Å². The number of aromatic nitrogens is 1. The maximum Gasteiger partial charge on any atom is 0.159 e. The van der Waals surface area contributed by atoms with Crippen molar-refractivity contribution in [2.75, 3.05) is 6.54 Å². The first-order chi connectivity index (χ1) is 4.86. The van der Waals surface area contributed by atoms with E-state index in [4.69, 9.17) is 0 Å². The molecule has 4 heteroatoms. The fourth-order valence-electron chi connectivity index (χ4n) is 1.09. The van der Waals surface area contributed by atoms with Crippen LogP contribution in [-0.4, -0.2) is 11.5 Å². The molecule has 54 valence electrons. The van der Waals surface area contributed by atoms with Crippen LogP contribution in [0.5, 0.6) is 0 Å². The molecule has 1 aromatic heterocycles. The van der Waals surface area contributed by atoms with E-state index in [9.17, 15) is 0 Å². The molecule has 2 nitrogen and oxygen atoms in total. The largest absolute Gasteiger partial charge is 0.311 e. The smallest absolute Gasteiger partial charge is 0.159 e. The van der Waals surface area contributed by atoms with Gasteiger partial charge >= 0.3 is 0 Å². The van der Waals surface area contributed by atoms with Gasteiger partial charge in [-0.15, -0.1) is 11.3 Å². The number of rotatable bonds is 0. The molecule has 1 aliphatic heterocycles. The monoisotopic (exact) mass is 218 g/mol. The van der Waals surface area contributed by atoms with Gasteiger partial charge in [0.25, 0.3) is 0 Å². The highest BCUT2D eigenvalue weighted by molar-refractivity contribution is 9.11. The third-order valence-corrected chi connectivity index (χ3v) is 3.13. The minimum Gasteiger partial charge on any atom is -0.311 e. The standard InChI is InChI=1S/C6H7BrN2S/c7-6-9-4-1-2-8-3-5(4)10-6/h8H,1-3H2. The molecule has 0 unspecified atom stereocenters. The second-order valence-electron chi connectivity index (χ2n) is 2.26. The molecule has 0 atom stereocenters. The van der Waals surface area contributed by atoms with Crippen molar-refractivity contribution < 1.29 is 0 Å². The lowest BCUT2D eigenvalue weighted by molar-refractivity contribution is 0.643. The van der Waals surface area contributed by atoms with Gasteiger partial charge < -0.3 is 5.32 Å². The van der Waals surface area contributed by atoms with Crippen molar-refractivity contribution in [2.45, 2.75) is 13.0 Å². The highest BCUT2D eigenvalue weighted by atomic mass is 79.9. The number of nitrogens with one attached hydrogen (secondary N) is 1. The molecule has 1 aliphatic rings. The summed E-state index contributed by atoms with van der Waals surface area (Å²) in [4.78, 5) is 5.73. The van der Waals surface area contributed by atoms with Gasteiger partial charge in [0.2, 0.25) is 0 Å². The van der Waals surface area contributed by atoms with Crippen LogP contribution in [0.1, 0.15) is 10.6 Å². The Kier molecular flexibility index (Phi) is 1.76. The summed E-state index contributed by atoms with van der Waals surface area (Å²) in [5, 5.41) is 3.30. The Morgan fingerprint density at radius 1 is 1.60 bits per heavy atom. The Bertz CT molecular complexity index is 222. The Hall–Kier alpha value is 0.0700. The van der Waals surface area contributed by atoms with Crippen LogP contribution >= 0.6 is 27.3 Å². The first kappa shape index (κ1) is 6.76. The van der Waals surface area contributed by atoms with Crippen molar-refractivity contribution >= 4 is 27.3 Å². The van der Waals surface area contributed by atoms with Gasteiger partial charge in [-0.05, 0) is 15.9 Å². The Morgan fingerprint density at radius 3 is 3.30 bits per heavy atom. The topological polar surface area (TPSA) is 24.9 Å². The minimum absolute atomic E-state index is 0.999. The number of nitrogens with zero attached hydrogens (tertiary/aromatic N) is 1. The van der Waals surface area contributed by atoms with E-state index in [1.165, 1.54) is 10.6 Å². The third kappa shape index (κ3) is 1.11. The molecular weight excluding hydrogens is 212 g/mol. The molecule has 1 aromatic rings. The number of hydrogen-bond acceptors (Lipinski definition) is 3. The lowest BCUT2D eigenvalue weighted by atomic mass is 10.2. The van der Waals surface area contributed by atoms with Crippen LogP contribution < -0.4 is 5.32 Å². The van der Waals surface area contributed by atoms with Gasteiger partial charge in [-0.1, -0.05) is 0 Å². The molecule has 0 spiro atoms. The zero-order valence-electron chi connectivity index (χ0n) is 5.35. The number of thiazole rings is 1. The van der Waals surface area contributed by atoms with Crippen molar-refractivity contribution in [3.63, 3.8) is 0 Å². The van der Waals surface area contributed by atoms with Crippen LogP contribution in [0.25, 0.3) is 0 Å². The summed E-state index contributed by atoms with van der Waals surface area (Å²) in [5.74, 6) is 0. The first-order valence-corrected chi connectivity index (χ1v) is 4.82. The summed E-state index contributed by atoms with van der Waals surface area (Å²) in [6, 6.07) is 0. The fraction of sp³-hybridized carbons (Fsp3) is 0.500. The van der Waals surface area contributed by atoms with Gasteiger partial charge in [0, 0.05) is 24.4 Å². The van der Waals surface area contributed by atoms with Crippen molar-refractivity contribution in [1.29, 1.82) is 0 Å². The summed E-state index contributed by atoms with van der Waals surface area (Å²) < 4.78 is 1.02. The lowest BCUT2D eigenvalue weighted by Gasteiger charge is -2.09. The van der Waals surface area contributed by atoms with Gasteiger partial charge in [-0.25, -0.2) is 4.98 Å². The minimum atomic E-state index is 0.999. The van der Waals surface area contributed by atoms with Crippen molar-refractivity contribution in [3.05, 3.63) is 14.5 Å². The molecule has 2 rings (SSSR count). The average Bonchev–Trinajstić information content (AvgIpc) is 2.27. The van der Waals surface area contributed by atoms with Crippen LogP contribution in [0, 0.1) is 0 Å². The van der Waals surface area contributed by atoms with Crippen molar-refractivity contribution in [1.82, 2.24) is 10.3 Å². The van der Waals surface area contributed by atoms with E-state index in [1.54, 1.807) is 11.3 Å². The molecule has 2 heterocycles. The molecule has 0 saturated carbocycles. The molecule has 0 aliphatic carbocycles. The van der Waals surface area contributed by atoms with Crippen LogP contribution in [0.15, 0.2) is 3.92 Å². The lowest BCUT2D eigenvalue weighted by Crippen LogP contribution is -2.22. The molecule has 1 N–H and O–H groups in total. The molecule has 0 aromatic carbocycles. The summed E-state index contributed by atoms with van der Waals surface area (Å²) in [7, 11) is 0. The van der Waals surface area contributed by atoms with E-state index in [-0.39, 0.29) is 0 Å². The Balaban J connectivity index is 2.41. The SMILES string of the molecule is Brc1nc2c(s1)CNCC2. The summed E-state index contributed by atoms with van der Waals surface area (Å²) in [5.41, 5.74) is 1.27. The van der Waals surface area contributed by atoms with Gasteiger partial charge in [0.15, 0.2) is 3.92 Å². The molecule has 0 saturated heterocycles. The molecule has 0 bridgehead atoms. The average molecular weight is 219 g/mol. The van der Waals surface area contributed by atoms with E-state index < -0.39 is 0 Å². The summed E-state index contributed by atoms with van der Waals surface area (Å²) in [6.45, 7) is 2.07. The normalized spacial score (nSPS) is 16.9. The maximum atomic E-state index is 4.35. The third-order valence-electron chi connectivity index (χ3n) is 1.58. The van der Waals surface area contributed by atoms with E-state index in [0.717, 1.165) is 23.4 Å². The zero-order chi connectivity index (χ0) is 6.97. The van der Waals surface area contributed by atoms with Gasteiger partial charge in [0.1, 0.15) is 0 Å². The molecule has 10 heavy (non-hydrogen) atoms. The van der Waals surface area contributed by atoms with Gasteiger partial charge in [-0.3, -0.25) is 0 Å². The van der Waals surface area contributed by atoms with Crippen molar-refractivity contribution in [3.8, 4) is 0 Å². The molecule has 0 amide bonds. The van der Waals surface area contributed by atoms with E-state index >= 15 is 0 Å². The zero-order valence-corrected chi connectivity index (χ0v) is 7.76. The van der Waals surface area contributed by atoms with Crippen LogP contribution in [0.2, 0.25) is 0 Å². The first-order valence-electron chi connectivity index (χ1n) is 3.21. The van der Waals surface area contributed by atoms with Crippen LogP contribution in [-0.2, 0) is 13.0 Å². The van der Waals surface area contributed by atoms with Crippen LogP contribution in [0.4, 0.5) is 0 Å². The second kappa shape index (κ2) is 2.60. The quantitative estimate of drug-likeness (QED) is 0.716. The summed E-state index contributed by atoms with van der Waals surface area (Å²) >= 11 is 5.11. The van der Waals surface area contributed by atoms with E-state index in [1.807, 2.05) is 0 Å². The number of hydrogen-bond donors (Lipinski definition) is 1. The molecule has 0 radical (unpaired) electrons. The molecular formula is C6H7BrN2S. The summed E-state index contributed by atoms with van der Waals surface area (Å²) in [6.07, 6.45) is 1.08. The van der Waals surface area contributed by atoms with E-state index in [2.05, 4.69) is 26.2 Å². The van der Waals surface area contributed by atoms with Crippen molar-refractivity contribution in [2.24, 2.45) is 0 Å². The predicted molar refractivity (Wildman–Crippen MR) is 45.2 cm³/mol. The Morgan fingerprint density at radius 2 is 2.50 bits per heavy atom. The maximum absolute atomic E-state index is 4.35. The highest BCUT2D eigenvalue weighted by Gasteiger charge is 2.12. The van der Waals surface area contributed by atoms with Gasteiger partial charge in [0.05, 0.1) is 5.69 Å². The predicted octanol–water partition coefficient (Wildman–Crippen LogP) is 1.55. The van der Waals surface area contributed by atoms with E-state index in [0.29, 0.717) is 0 Å². The number of halogens is 1. The highest BCUT2D eigenvalue weighted by Crippen LogP contribution is 2.24. The number of fused-ring (bicyclic) bond motifs is 1. The van der Waals surface area contributed by atoms with Gasteiger partial charge in [-0.2, -0.15) is 0 Å². The molecule has 0 fully saturated rings. The second-order valence-corrected chi connectivity index (χ2v) is 4.62.